The average Bonchev–Trinajstić information content (AvgIpc) is 3.36. The predicted octanol–water partition coefficient (Wildman–Crippen LogP) is 5.23. The van der Waals surface area contributed by atoms with Crippen LogP contribution in [0.4, 0.5) is 0 Å². The van der Waals surface area contributed by atoms with Crippen LogP contribution in [-0.4, -0.2) is 24.4 Å². The lowest BCUT2D eigenvalue weighted by molar-refractivity contribution is 0.330. The van der Waals surface area contributed by atoms with Gasteiger partial charge in [-0.15, -0.1) is 26.6 Å². The molecule has 25 heavy (non-hydrogen) atoms. The van der Waals surface area contributed by atoms with Crippen molar-refractivity contribution in [3.05, 3.63) is 38.2 Å². The van der Waals surface area contributed by atoms with Gasteiger partial charge in [-0.05, 0) is 24.3 Å². The Morgan fingerprint density at radius 3 is 2.80 bits per heavy atom. The average molecular weight is 412 g/mol. The Morgan fingerprint density at radius 2 is 2.08 bits per heavy atom. The molecule has 3 aromatic heterocycles. The lowest BCUT2D eigenvalue weighted by Crippen LogP contribution is -2.16. The largest absolute Gasteiger partial charge is 0.303 e. The van der Waals surface area contributed by atoms with Crippen LogP contribution in [-0.2, 0) is 12.2 Å². The number of rotatable bonds is 6. The highest BCUT2D eigenvalue weighted by Gasteiger charge is 2.23. The van der Waals surface area contributed by atoms with Gasteiger partial charge in [0.05, 0.1) is 0 Å². The number of aromatic nitrogens is 5. The third kappa shape index (κ3) is 4.07. The summed E-state index contributed by atoms with van der Waals surface area (Å²) in [5.41, 5.74) is 0.828. The molecule has 132 valence electrons. The summed E-state index contributed by atoms with van der Waals surface area (Å²) < 4.78 is 6.94. The third-order valence-electron chi connectivity index (χ3n) is 4.43. The van der Waals surface area contributed by atoms with Gasteiger partial charge in [0.2, 0.25) is 0 Å². The van der Waals surface area contributed by atoms with Crippen molar-refractivity contribution in [3.63, 3.8) is 0 Å². The highest BCUT2D eigenvalue weighted by Crippen LogP contribution is 2.35. The minimum absolute atomic E-state index is 0.505. The molecule has 3 aromatic rings. The lowest BCUT2D eigenvalue weighted by atomic mass is 9.95. The Morgan fingerprint density at radius 1 is 1.20 bits per heavy atom. The highest BCUT2D eigenvalue weighted by atomic mass is 35.5. The molecule has 5 nitrogen and oxygen atoms in total. The normalized spacial score (nSPS) is 15.7. The minimum Gasteiger partial charge on any atom is -0.303 e. The second-order valence-electron chi connectivity index (χ2n) is 6.10. The number of halogens is 1. The maximum atomic E-state index is 6.13. The molecule has 0 aromatic carbocycles. The fourth-order valence-corrected chi connectivity index (χ4v) is 5.68. The number of hydrogen-bond acceptors (Lipinski definition) is 7. The van der Waals surface area contributed by atoms with Crippen LogP contribution in [0, 0.1) is 0 Å². The van der Waals surface area contributed by atoms with E-state index in [1.165, 1.54) is 48.5 Å². The van der Waals surface area contributed by atoms with Crippen LogP contribution in [0.5, 0.6) is 0 Å². The Labute approximate surface area is 164 Å². The summed E-state index contributed by atoms with van der Waals surface area (Å²) in [7, 11) is 0. The molecule has 4 rings (SSSR count). The van der Waals surface area contributed by atoms with E-state index in [1.807, 2.05) is 0 Å². The molecule has 1 aliphatic rings. The molecule has 0 N–H and O–H groups in total. The Kier molecular flexibility index (Phi) is 5.70. The van der Waals surface area contributed by atoms with Gasteiger partial charge < -0.3 is 4.57 Å². The zero-order valence-corrected chi connectivity index (χ0v) is 16.8. The summed E-state index contributed by atoms with van der Waals surface area (Å²) in [5.74, 6) is 1.75. The van der Waals surface area contributed by atoms with Crippen molar-refractivity contribution >= 4 is 46.2 Å². The van der Waals surface area contributed by atoms with Crippen LogP contribution < -0.4 is 0 Å². The summed E-state index contributed by atoms with van der Waals surface area (Å²) in [6.07, 6.45) is 7.17. The first-order valence-corrected chi connectivity index (χ1v) is 11.4. The van der Waals surface area contributed by atoms with Gasteiger partial charge >= 0.3 is 0 Å². The van der Waals surface area contributed by atoms with E-state index in [9.17, 15) is 0 Å². The second-order valence-corrected chi connectivity index (χ2v) is 9.43. The first-order chi connectivity index (χ1) is 12.3. The van der Waals surface area contributed by atoms with Crippen molar-refractivity contribution in [2.24, 2.45) is 0 Å². The lowest BCUT2D eigenvalue weighted by Gasteiger charge is -2.25. The van der Waals surface area contributed by atoms with Gasteiger partial charge in [0, 0.05) is 34.6 Å². The Hall–Kier alpha value is -0.960. The summed E-state index contributed by atoms with van der Waals surface area (Å²) in [6.45, 7) is 0. The maximum Gasteiger partial charge on any atom is 0.191 e. The molecule has 0 amide bonds. The van der Waals surface area contributed by atoms with E-state index in [0.717, 1.165) is 23.1 Å². The molecule has 3 heterocycles. The number of thioether (sulfide) groups is 1. The molecule has 0 unspecified atom stereocenters. The van der Waals surface area contributed by atoms with Crippen molar-refractivity contribution in [2.45, 2.75) is 55.5 Å². The SMILES string of the molecule is Clc1snnc1CSc1nnc(Cc2cccs2)n1C1CCCCC1. The van der Waals surface area contributed by atoms with E-state index in [1.54, 1.807) is 23.1 Å². The van der Waals surface area contributed by atoms with E-state index in [4.69, 9.17) is 11.6 Å². The fraction of sp³-hybridized carbons (Fsp3) is 0.500. The highest BCUT2D eigenvalue weighted by molar-refractivity contribution is 7.98. The topological polar surface area (TPSA) is 56.5 Å². The van der Waals surface area contributed by atoms with Crippen LogP contribution in [0.2, 0.25) is 4.34 Å². The predicted molar refractivity (Wildman–Crippen MR) is 104 cm³/mol. The van der Waals surface area contributed by atoms with E-state index in [-0.39, 0.29) is 0 Å². The van der Waals surface area contributed by atoms with Gasteiger partial charge in [0.1, 0.15) is 15.9 Å². The Balaban J connectivity index is 1.58. The molecule has 0 aliphatic heterocycles. The fourth-order valence-electron chi connectivity index (χ4n) is 3.22. The number of thiophene rings is 1. The summed E-state index contributed by atoms with van der Waals surface area (Å²) in [4.78, 5) is 1.33. The summed E-state index contributed by atoms with van der Waals surface area (Å²) >= 11 is 10.8. The zero-order valence-electron chi connectivity index (χ0n) is 13.6. The molecule has 0 bridgehead atoms. The first kappa shape index (κ1) is 17.5. The molecule has 0 atom stereocenters. The third-order valence-corrected chi connectivity index (χ3v) is 7.25. The quantitative estimate of drug-likeness (QED) is 0.519. The number of hydrogen-bond donors (Lipinski definition) is 0. The van der Waals surface area contributed by atoms with Crippen molar-refractivity contribution in [3.8, 4) is 0 Å². The maximum absolute atomic E-state index is 6.13. The van der Waals surface area contributed by atoms with Crippen molar-refractivity contribution in [1.82, 2.24) is 24.4 Å². The van der Waals surface area contributed by atoms with Crippen molar-refractivity contribution < 1.29 is 0 Å². The molecule has 9 heteroatoms. The van der Waals surface area contributed by atoms with Gasteiger partial charge in [-0.2, -0.15) is 0 Å². The molecule has 1 aliphatic carbocycles. The van der Waals surface area contributed by atoms with Gasteiger partial charge in [-0.25, -0.2) is 0 Å². The van der Waals surface area contributed by atoms with Crippen molar-refractivity contribution in [2.75, 3.05) is 0 Å². The van der Waals surface area contributed by atoms with E-state index < -0.39 is 0 Å². The molecule has 0 saturated heterocycles. The molecule has 1 saturated carbocycles. The summed E-state index contributed by atoms with van der Waals surface area (Å²) in [5, 5.41) is 16.2. The Bertz CT molecular complexity index is 808. The monoisotopic (exact) mass is 411 g/mol. The molecular formula is C16H18ClN5S3. The van der Waals surface area contributed by atoms with Gasteiger partial charge in [0.25, 0.3) is 0 Å². The van der Waals surface area contributed by atoms with Crippen LogP contribution in [0.3, 0.4) is 0 Å². The van der Waals surface area contributed by atoms with Crippen LogP contribution in [0.1, 0.15) is 54.5 Å². The molecular weight excluding hydrogens is 394 g/mol. The van der Waals surface area contributed by atoms with Crippen LogP contribution in [0.25, 0.3) is 0 Å². The van der Waals surface area contributed by atoms with Gasteiger partial charge in [0.15, 0.2) is 5.16 Å². The molecule has 0 spiro atoms. The standard InChI is InChI=1S/C16H18ClN5S3/c17-15-13(18-21-25-15)10-24-16-20-19-14(9-12-7-4-8-23-12)22(16)11-5-2-1-3-6-11/h4,7-8,11H,1-3,5-6,9-10H2. The van der Waals surface area contributed by atoms with Crippen LogP contribution >= 0.6 is 46.2 Å². The molecule has 0 radical (unpaired) electrons. The minimum atomic E-state index is 0.505. The van der Waals surface area contributed by atoms with E-state index >= 15 is 0 Å². The van der Waals surface area contributed by atoms with Crippen molar-refractivity contribution in [1.29, 1.82) is 0 Å². The van der Waals surface area contributed by atoms with E-state index in [0.29, 0.717) is 16.1 Å². The molecule has 1 fully saturated rings. The van der Waals surface area contributed by atoms with E-state index in [2.05, 4.69) is 41.9 Å². The van der Waals surface area contributed by atoms with Gasteiger partial charge in [-0.1, -0.05) is 53.2 Å². The zero-order chi connectivity index (χ0) is 17.1. The smallest absolute Gasteiger partial charge is 0.191 e. The number of nitrogens with zero attached hydrogens (tertiary/aromatic N) is 5. The first-order valence-electron chi connectivity index (χ1n) is 8.37. The second kappa shape index (κ2) is 8.16. The summed E-state index contributed by atoms with van der Waals surface area (Å²) in [6, 6.07) is 4.76. The van der Waals surface area contributed by atoms with Gasteiger partial charge in [-0.3, -0.25) is 0 Å². The van der Waals surface area contributed by atoms with Crippen LogP contribution in [0.15, 0.2) is 22.7 Å².